The van der Waals surface area contributed by atoms with E-state index in [4.69, 9.17) is 0 Å². The molecule has 0 aliphatic rings. The molecule has 0 amide bonds. The molecule has 0 bridgehead atoms. The zero-order chi connectivity index (χ0) is 13.9. The van der Waals surface area contributed by atoms with Crippen LogP contribution >= 0.6 is 0 Å². The molecule has 4 heteroatoms. The van der Waals surface area contributed by atoms with Gasteiger partial charge >= 0.3 is 5.76 Å². The molecule has 3 aromatic rings. The monoisotopic (exact) mass is 266 g/mol. The van der Waals surface area contributed by atoms with Crippen LogP contribution in [0, 0.1) is 0 Å². The first-order valence-electron chi connectivity index (χ1n) is 6.52. The zero-order valence-electron chi connectivity index (χ0n) is 11.1. The summed E-state index contributed by atoms with van der Waals surface area (Å²) in [7, 11) is 0. The van der Waals surface area contributed by atoms with Crippen molar-refractivity contribution in [3.8, 4) is 22.5 Å². The third-order valence-corrected chi connectivity index (χ3v) is 3.30. The number of aromatic amines is 1. The Morgan fingerprint density at radius 2 is 1.75 bits per heavy atom. The van der Waals surface area contributed by atoms with E-state index in [1.807, 2.05) is 24.3 Å². The molecule has 1 aromatic heterocycles. The Labute approximate surface area is 116 Å². The van der Waals surface area contributed by atoms with Gasteiger partial charge in [-0.1, -0.05) is 60.6 Å². The maximum absolute atomic E-state index is 11.1. The predicted molar refractivity (Wildman–Crippen MR) is 77.4 cm³/mol. The molecule has 1 N–H and O–H groups in total. The van der Waals surface area contributed by atoms with Crippen molar-refractivity contribution in [2.24, 2.45) is 0 Å². The lowest BCUT2D eigenvalue weighted by molar-refractivity contribution is 0.388. The van der Waals surface area contributed by atoms with E-state index < -0.39 is 5.76 Å². The van der Waals surface area contributed by atoms with Crippen LogP contribution in [0.1, 0.15) is 12.5 Å². The number of nitrogens with zero attached hydrogens (tertiary/aromatic N) is 1. The fourth-order valence-electron chi connectivity index (χ4n) is 2.21. The highest BCUT2D eigenvalue weighted by molar-refractivity contribution is 5.80. The van der Waals surface area contributed by atoms with Gasteiger partial charge in [0.15, 0.2) is 5.82 Å². The molecule has 2 aromatic carbocycles. The maximum atomic E-state index is 11.1. The van der Waals surface area contributed by atoms with Crippen LogP contribution in [0.15, 0.2) is 57.8 Å². The Kier molecular flexibility index (Phi) is 3.21. The summed E-state index contributed by atoms with van der Waals surface area (Å²) in [4.78, 5) is 13.7. The highest BCUT2D eigenvalue weighted by Gasteiger charge is 2.10. The van der Waals surface area contributed by atoms with Gasteiger partial charge in [0.1, 0.15) is 0 Å². The van der Waals surface area contributed by atoms with Crippen LogP contribution in [0.25, 0.3) is 22.5 Å². The van der Waals surface area contributed by atoms with E-state index in [9.17, 15) is 4.79 Å². The minimum absolute atomic E-state index is 0.449. The maximum Gasteiger partial charge on any atom is 0.439 e. The van der Waals surface area contributed by atoms with Gasteiger partial charge in [-0.15, -0.1) is 0 Å². The second kappa shape index (κ2) is 5.17. The quantitative estimate of drug-likeness (QED) is 0.791. The molecule has 1 heterocycles. The smallest absolute Gasteiger partial charge is 0.296 e. The van der Waals surface area contributed by atoms with Gasteiger partial charge in [0.25, 0.3) is 0 Å². The van der Waals surface area contributed by atoms with Crippen LogP contribution in [0.4, 0.5) is 0 Å². The minimum Gasteiger partial charge on any atom is -0.296 e. The van der Waals surface area contributed by atoms with Gasteiger partial charge in [0, 0.05) is 5.56 Å². The molecule has 100 valence electrons. The predicted octanol–water partition coefficient (Wildman–Crippen LogP) is 3.26. The summed E-state index contributed by atoms with van der Waals surface area (Å²) in [6.07, 6.45) is 1.01. The van der Waals surface area contributed by atoms with Crippen LogP contribution < -0.4 is 5.76 Å². The first kappa shape index (κ1) is 12.4. The molecule has 0 fully saturated rings. The standard InChI is InChI=1S/C16H14N2O2/c1-2-11-7-9-12(10-8-11)13-5-3-4-6-14(13)15-17-16(19)20-18-15/h3-10H,2H2,1H3,(H,17,18,19). The molecule has 0 atom stereocenters. The number of aromatic nitrogens is 2. The van der Waals surface area contributed by atoms with Crippen LogP contribution in [-0.2, 0) is 6.42 Å². The molecule has 0 radical (unpaired) electrons. The topological polar surface area (TPSA) is 58.9 Å². The van der Waals surface area contributed by atoms with E-state index in [1.54, 1.807) is 0 Å². The van der Waals surface area contributed by atoms with Crippen LogP contribution in [-0.4, -0.2) is 10.1 Å². The Morgan fingerprint density at radius 1 is 1.05 bits per heavy atom. The molecule has 4 nitrogen and oxygen atoms in total. The largest absolute Gasteiger partial charge is 0.439 e. The van der Waals surface area contributed by atoms with E-state index in [2.05, 4.69) is 45.9 Å². The average molecular weight is 266 g/mol. The van der Waals surface area contributed by atoms with E-state index in [0.29, 0.717) is 5.82 Å². The highest BCUT2D eigenvalue weighted by Crippen LogP contribution is 2.29. The van der Waals surface area contributed by atoms with Crippen molar-refractivity contribution in [3.63, 3.8) is 0 Å². The van der Waals surface area contributed by atoms with Crippen molar-refractivity contribution < 1.29 is 4.52 Å². The lowest BCUT2D eigenvalue weighted by Gasteiger charge is -2.07. The fourth-order valence-corrected chi connectivity index (χ4v) is 2.21. The SMILES string of the molecule is CCc1ccc(-c2ccccc2-c2noc(=O)[nH]2)cc1. The van der Waals surface area contributed by atoms with Gasteiger partial charge in [-0.05, 0) is 23.1 Å². The Bertz CT molecular complexity index is 769. The van der Waals surface area contributed by atoms with E-state index >= 15 is 0 Å². The molecule has 20 heavy (non-hydrogen) atoms. The van der Waals surface area contributed by atoms with Crippen molar-refractivity contribution in [2.45, 2.75) is 13.3 Å². The normalized spacial score (nSPS) is 10.7. The van der Waals surface area contributed by atoms with Crippen LogP contribution in [0.5, 0.6) is 0 Å². The summed E-state index contributed by atoms with van der Waals surface area (Å²) in [5, 5.41) is 3.76. The second-order valence-corrected chi connectivity index (χ2v) is 4.54. The lowest BCUT2D eigenvalue weighted by Crippen LogP contribution is -1.95. The Hall–Kier alpha value is -2.62. The molecule has 0 aliphatic heterocycles. The molecule has 3 rings (SSSR count). The summed E-state index contributed by atoms with van der Waals surface area (Å²) in [5.74, 6) is -0.0960. The average Bonchev–Trinajstić information content (AvgIpc) is 2.94. The van der Waals surface area contributed by atoms with Crippen LogP contribution in [0.2, 0.25) is 0 Å². The Morgan fingerprint density at radius 3 is 2.35 bits per heavy atom. The van der Waals surface area contributed by atoms with E-state index in [1.165, 1.54) is 5.56 Å². The van der Waals surface area contributed by atoms with Crippen molar-refractivity contribution in [1.29, 1.82) is 0 Å². The molecule has 0 spiro atoms. The van der Waals surface area contributed by atoms with Crippen molar-refractivity contribution in [2.75, 3.05) is 0 Å². The van der Waals surface area contributed by atoms with Crippen molar-refractivity contribution in [1.82, 2.24) is 10.1 Å². The number of rotatable bonds is 3. The van der Waals surface area contributed by atoms with E-state index in [-0.39, 0.29) is 0 Å². The van der Waals surface area contributed by atoms with E-state index in [0.717, 1.165) is 23.1 Å². The number of hydrogen-bond acceptors (Lipinski definition) is 3. The third kappa shape index (κ3) is 2.28. The summed E-state index contributed by atoms with van der Waals surface area (Å²) in [5.41, 5.74) is 4.24. The van der Waals surface area contributed by atoms with Gasteiger partial charge in [-0.25, -0.2) is 4.79 Å². The third-order valence-electron chi connectivity index (χ3n) is 3.30. The number of nitrogens with one attached hydrogen (secondary N) is 1. The van der Waals surface area contributed by atoms with Gasteiger partial charge in [-0.3, -0.25) is 9.51 Å². The van der Waals surface area contributed by atoms with Gasteiger partial charge in [0.2, 0.25) is 0 Å². The fraction of sp³-hybridized carbons (Fsp3) is 0.125. The number of H-pyrrole nitrogens is 1. The summed E-state index contributed by atoms with van der Waals surface area (Å²) < 4.78 is 4.59. The van der Waals surface area contributed by atoms with Crippen LogP contribution in [0.3, 0.4) is 0 Å². The number of hydrogen-bond donors (Lipinski definition) is 1. The summed E-state index contributed by atoms with van der Waals surface area (Å²) in [6, 6.07) is 16.2. The first-order valence-corrected chi connectivity index (χ1v) is 6.52. The van der Waals surface area contributed by atoms with Crippen molar-refractivity contribution in [3.05, 3.63) is 64.6 Å². The number of aryl methyl sites for hydroxylation is 1. The van der Waals surface area contributed by atoms with Gasteiger partial charge < -0.3 is 0 Å². The minimum atomic E-state index is -0.545. The second-order valence-electron chi connectivity index (χ2n) is 4.54. The van der Waals surface area contributed by atoms with Crippen molar-refractivity contribution >= 4 is 0 Å². The highest BCUT2D eigenvalue weighted by atomic mass is 16.5. The Balaban J connectivity index is 2.11. The lowest BCUT2D eigenvalue weighted by atomic mass is 9.98. The molecule has 0 saturated heterocycles. The molecule has 0 aliphatic carbocycles. The zero-order valence-corrected chi connectivity index (χ0v) is 11.1. The number of benzene rings is 2. The summed E-state index contributed by atoms with van der Waals surface area (Å²) >= 11 is 0. The van der Waals surface area contributed by atoms with Gasteiger partial charge in [0.05, 0.1) is 0 Å². The first-order chi connectivity index (χ1) is 9.78. The molecular formula is C16H14N2O2. The molecule has 0 unspecified atom stereocenters. The molecular weight excluding hydrogens is 252 g/mol. The summed E-state index contributed by atoms with van der Waals surface area (Å²) in [6.45, 7) is 2.13. The van der Waals surface area contributed by atoms with Gasteiger partial charge in [-0.2, -0.15) is 0 Å². The molecule has 0 saturated carbocycles.